The number of nitrogens with one attached hydrogen (secondary N) is 2. The predicted molar refractivity (Wildman–Crippen MR) is 122 cm³/mol. The highest BCUT2D eigenvalue weighted by atomic mass is 127. The second-order valence-corrected chi connectivity index (χ2v) is 7.96. The second kappa shape index (κ2) is 14.0. The standard InChI is InChI=1S/C20H40N4O.HI/c1-17(2)24-13-7-9-18(16-24)15-23-20(21-3)22-12-8-14-25-19-10-5-4-6-11-19;/h17-19H,4-16H2,1-3H3,(H2,21,22,23);1H. The monoisotopic (exact) mass is 480 g/mol. The number of rotatable bonds is 8. The van der Waals surface area contributed by atoms with Gasteiger partial charge in [0.05, 0.1) is 6.10 Å². The fourth-order valence-electron chi connectivity index (χ4n) is 3.96. The lowest BCUT2D eigenvalue weighted by atomic mass is 9.97. The minimum absolute atomic E-state index is 0. The number of nitrogens with zero attached hydrogens (tertiary/aromatic N) is 2. The van der Waals surface area contributed by atoms with Crippen molar-refractivity contribution in [2.45, 2.75) is 77.4 Å². The van der Waals surface area contributed by atoms with E-state index in [1.54, 1.807) is 0 Å². The highest BCUT2D eigenvalue weighted by molar-refractivity contribution is 14.0. The van der Waals surface area contributed by atoms with Crippen molar-refractivity contribution in [3.05, 3.63) is 0 Å². The molecule has 2 rings (SSSR count). The molecule has 0 aromatic carbocycles. The topological polar surface area (TPSA) is 48.9 Å². The number of ether oxygens (including phenoxy) is 1. The Morgan fingerprint density at radius 2 is 1.88 bits per heavy atom. The predicted octanol–water partition coefficient (Wildman–Crippen LogP) is 3.63. The molecule has 1 aliphatic carbocycles. The van der Waals surface area contributed by atoms with Crippen LogP contribution in [0.2, 0.25) is 0 Å². The van der Waals surface area contributed by atoms with Gasteiger partial charge in [0.25, 0.3) is 0 Å². The fourth-order valence-corrected chi connectivity index (χ4v) is 3.96. The summed E-state index contributed by atoms with van der Waals surface area (Å²) in [4.78, 5) is 6.95. The Bertz CT molecular complexity index is 386. The van der Waals surface area contributed by atoms with E-state index in [9.17, 15) is 0 Å². The van der Waals surface area contributed by atoms with Gasteiger partial charge in [0.15, 0.2) is 5.96 Å². The molecule has 0 spiro atoms. The van der Waals surface area contributed by atoms with E-state index in [2.05, 4.69) is 34.4 Å². The van der Waals surface area contributed by atoms with Gasteiger partial charge in [-0.25, -0.2) is 0 Å². The van der Waals surface area contributed by atoms with Crippen molar-refractivity contribution >= 4 is 29.9 Å². The molecule has 1 unspecified atom stereocenters. The Morgan fingerprint density at radius 3 is 2.58 bits per heavy atom. The summed E-state index contributed by atoms with van der Waals surface area (Å²) in [5.41, 5.74) is 0. The van der Waals surface area contributed by atoms with Gasteiger partial charge < -0.3 is 20.3 Å². The van der Waals surface area contributed by atoms with Crippen LogP contribution in [0.1, 0.15) is 65.2 Å². The molecule has 6 heteroatoms. The molecule has 0 bridgehead atoms. The average Bonchev–Trinajstić information content (AvgIpc) is 2.65. The molecule has 1 saturated carbocycles. The molecule has 2 fully saturated rings. The van der Waals surface area contributed by atoms with Gasteiger partial charge in [0.1, 0.15) is 0 Å². The smallest absolute Gasteiger partial charge is 0.190 e. The van der Waals surface area contributed by atoms with Crippen LogP contribution in [-0.2, 0) is 4.74 Å². The number of guanidine groups is 1. The first-order valence-electron chi connectivity index (χ1n) is 10.5. The molecule has 154 valence electrons. The second-order valence-electron chi connectivity index (χ2n) is 7.96. The van der Waals surface area contributed by atoms with Crippen LogP contribution >= 0.6 is 24.0 Å². The Balaban J connectivity index is 0.00000338. The van der Waals surface area contributed by atoms with Crippen molar-refractivity contribution in [2.24, 2.45) is 10.9 Å². The number of hydrogen-bond acceptors (Lipinski definition) is 3. The molecule has 5 nitrogen and oxygen atoms in total. The van der Waals surface area contributed by atoms with Crippen molar-refractivity contribution in [3.63, 3.8) is 0 Å². The SMILES string of the molecule is CN=C(NCCCOC1CCCCC1)NCC1CCCN(C(C)C)C1.I. The van der Waals surface area contributed by atoms with E-state index >= 15 is 0 Å². The molecule has 0 aromatic rings. The lowest BCUT2D eigenvalue weighted by Crippen LogP contribution is -2.46. The highest BCUT2D eigenvalue weighted by Gasteiger charge is 2.21. The van der Waals surface area contributed by atoms with Gasteiger partial charge >= 0.3 is 0 Å². The number of hydrogen-bond donors (Lipinski definition) is 2. The van der Waals surface area contributed by atoms with Crippen molar-refractivity contribution in [3.8, 4) is 0 Å². The molecule has 0 aromatic heterocycles. The number of likely N-dealkylation sites (tertiary alicyclic amines) is 1. The molecule has 2 N–H and O–H groups in total. The van der Waals surface area contributed by atoms with Gasteiger partial charge in [-0.1, -0.05) is 19.3 Å². The molecule has 1 aliphatic heterocycles. The third-order valence-electron chi connectivity index (χ3n) is 5.58. The Labute approximate surface area is 178 Å². The normalized spacial score (nSPS) is 22.9. The minimum Gasteiger partial charge on any atom is -0.378 e. The maximum atomic E-state index is 5.98. The molecule has 1 heterocycles. The van der Waals surface area contributed by atoms with E-state index in [0.717, 1.165) is 38.0 Å². The summed E-state index contributed by atoms with van der Waals surface area (Å²) < 4.78 is 5.98. The van der Waals surface area contributed by atoms with Gasteiger partial charge in [0.2, 0.25) is 0 Å². The van der Waals surface area contributed by atoms with Gasteiger partial charge in [0, 0.05) is 39.3 Å². The highest BCUT2D eigenvalue weighted by Crippen LogP contribution is 2.20. The van der Waals surface area contributed by atoms with Crippen molar-refractivity contribution in [1.29, 1.82) is 0 Å². The van der Waals surface area contributed by atoms with Crippen LogP contribution in [0.5, 0.6) is 0 Å². The van der Waals surface area contributed by atoms with E-state index < -0.39 is 0 Å². The third kappa shape index (κ3) is 9.22. The maximum absolute atomic E-state index is 5.98. The van der Waals surface area contributed by atoms with Crippen LogP contribution in [-0.4, -0.2) is 62.8 Å². The quantitative estimate of drug-likeness (QED) is 0.241. The Morgan fingerprint density at radius 1 is 1.12 bits per heavy atom. The van der Waals surface area contributed by atoms with Crippen LogP contribution in [0.15, 0.2) is 4.99 Å². The summed E-state index contributed by atoms with van der Waals surface area (Å²) in [6.45, 7) is 9.85. The zero-order valence-corrected chi connectivity index (χ0v) is 19.5. The van der Waals surface area contributed by atoms with E-state index in [1.807, 2.05) is 7.05 Å². The lowest BCUT2D eigenvalue weighted by Gasteiger charge is -2.35. The lowest BCUT2D eigenvalue weighted by molar-refractivity contribution is 0.0277. The average molecular weight is 480 g/mol. The molecule has 2 aliphatic rings. The summed E-state index contributed by atoms with van der Waals surface area (Å²) in [5.74, 6) is 1.66. The van der Waals surface area contributed by atoms with Gasteiger partial charge in [-0.3, -0.25) is 4.99 Å². The summed E-state index contributed by atoms with van der Waals surface area (Å²) in [5, 5.41) is 6.94. The van der Waals surface area contributed by atoms with E-state index in [1.165, 1.54) is 58.0 Å². The Hall–Kier alpha value is -0.0800. The summed E-state index contributed by atoms with van der Waals surface area (Å²) in [6, 6.07) is 0.657. The molecule has 0 radical (unpaired) electrons. The molecule has 0 amide bonds. The molecular formula is C20H41IN4O. The number of halogens is 1. The van der Waals surface area contributed by atoms with Crippen molar-refractivity contribution in [2.75, 3.05) is 39.8 Å². The first-order valence-corrected chi connectivity index (χ1v) is 10.5. The molecule has 26 heavy (non-hydrogen) atoms. The molecular weight excluding hydrogens is 439 g/mol. The van der Waals surface area contributed by atoms with Gasteiger partial charge in [-0.15, -0.1) is 24.0 Å². The van der Waals surface area contributed by atoms with E-state index in [4.69, 9.17) is 4.74 Å². The van der Waals surface area contributed by atoms with Crippen LogP contribution < -0.4 is 10.6 Å². The zero-order valence-electron chi connectivity index (χ0n) is 17.1. The summed E-state index contributed by atoms with van der Waals surface area (Å²) in [7, 11) is 1.86. The number of piperidine rings is 1. The van der Waals surface area contributed by atoms with E-state index in [0.29, 0.717) is 12.1 Å². The third-order valence-corrected chi connectivity index (χ3v) is 5.58. The fraction of sp³-hybridized carbons (Fsp3) is 0.950. The van der Waals surface area contributed by atoms with E-state index in [-0.39, 0.29) is 24.0 Å². The Kier molecular flexibility index (Phi) is 12.9. The summed E-state index contributed by atoms with van der Waals surface area (Å²) >= 11 is 0. The molecule has 1 saturated heterocycles. The van der Waals surface area contributed by atoms with Crippen molar-refractivity contribution in [1.82, 2.24) is 15.5 Å². The first-order chi connectivity index (χ1) is 12.2. The van der Waals surface area contributed by atoms with Gasteiger partial charge in [-0.2, -0.15) is 0 Å². The minimum atomic E-state index is 0. The van der Waals surface area contributed by atoms with Crippen LogP contribution in [0.3, 0.4) is 0 Å². The zero-order chi connectivity index (χ0) is 17.9. The first kappa shape index (κ1) is 24.0. The van der Waals surface area contributed by atoms with Crippen LogP contribution in [0.4, 0.5) is 0 Å². The summed E-state index contributed by atoms with van der Waals surface area (Å²) in [6.07, 6.45) is 10.8. The largest absolute Gasteiger partial charge is 0.378 e. The number of aliphatic imine (C=N–C) groups is 1. The van der Waals surface area contributed by atoms with Crippen LogP contribution in [0, 0.1) is 5.92 Å². The molecule has 1 atom stereocenters. The van der Waals surface area contributed by atoms with Gasteiger partial charge in [-0.05, 0) is 58.4 Å². The maximum Gasteiger partial charge on any atom is 0.190 e. The van der Waals surface area contributed by atoms with Crippen LogP contribution in [0.25, 0.3) is 0 Å². The van der Waals surface area contributed by atoms with Crippen molar-refractivity contribution < 1.29 is 4.74 Å².